The van der Waals surface area contributed by atoms with E-state index < -0.39 is 0 Å². The van der Waals surface area contributed by atoms with Gasteiger partial charge in [0.2, 0.25) is 0 Å². The van der Waals surface area contributed by atoms with Crippen LogP contribution in [0.25, 0.3) is 0 Å². The molecule has 21 heavy (non-hydrogen) atoms. The van der Waals surface area contributed by atoms with Crippen molar-refractivity contribution in [2.45, 2.75) is 42.9 Å². The van der Waals surface area contributed by atoms with Crippen LogP contribution >= 0.6 is 11.8 Å². The lowest BCUT2D eigenvalue weighted by Gasteiger charge is -2.25. The molecule has 3 rings (SSSR count). The molecule has 1 atom stereocenters. The molecular formula is C17H21N3S. The first-order valence-electron chi connectivity index (χ1n) is 7.62. The fourth-order valence-electron chi connectivity index (χ4n) is 2.78. The SMILES string of the molecule is CCNC1CCCc2nc(CSc3ccccc3)ncc21. The number of aryl methyl sites for hydroxylation is 1. The van der Waals surface area contributed by atoms with Crippen LogP contribution in [0.5, 0.6) is 0 Å². The Hall–Kier alpha value is -1.39. The first-order valence-corrected chi connectivity index (χ1v) is 8.61. The highest BCUT2D eigenvalue weighted by molar-refractivity contribution is 7.98. The highest BCUT2D eigenvalue weighted by Gasteiger charge is 2.21. The van der Waals surface area contributed by atoms with Crippen LogP contribution in [-0.4, -0.2) is 16.5 Å². The van der Waals surface area contributed by atoms with Gasteiger partial charge in [0, 0.05) is 28.4 Å². The van der Waals surface area contributed by atoms with Gasteiger partial charge in [0.05, 0.1) is 5.75 Å². The molecule has 4 heteroatoms. The second-order valence-corrected chi connectivity index (χ2v) is 6.34. The van der Waals surface area contributed by atoms with Gasteiger partial charge in [-0.1, -0.05) is 25.1 Å². The molecule has 110 valence electrons. The van der Waals surface area contributed by atoms with Gasteiger partial charge < -0.3 is 5.32 Å². The summed E-state index contributed by atoms with van der Waals surface area (Å²) < 4.78 is 0. The van der Waals surface area contributed by atoms with Crippen molar-refractivity contribution in [1.82, 2.24) is 15.3 Å². The first-order chi connectivity index (χ1) is 10.4. The zero-order chi connectivity index (χ0) is 14.5. The Morgan fingerprint density at radius 2 is 2.14 bits per heavy atom. The summed E-state index contributed by atoms with van der Waals surface area (Å²) in [6.45, 7) is 3.15. The molecule has 3 nitrogen and oxygen atoms in total. The highest BCUT2D eigenvalue weighted by atomic mass is 32.2. The number of aromatic nitrogens is 2. The molecule has 1 heterocycles. The Morgan fingerprint density at radius 3 is 2.95 bits per heavy atom. The molecule has 0 saturated carbocycles. The van der Waals surface area contributed by atoms with Crippen molar-refractivity contribution in [1.29, 1.82) is 0 Å². The average Bonchev–Trinajstić information content (AvgIpc) is 2.54. The van der Waals surface area contributed by atoms with Crippen molar-refractivity contribution in [2.75, 3.05) is 6.54 Å². The number of thioether (sulfide) groups is 1. The van der Waals surface area contributed by atoms with Gasteiger partial charge >= 0.3 is 0 Å². The molecule has 2 aromatic rings. The average molecular weight is 299 g/mol. The van der Waals surface area contributed by atoms with Crippen LogP contribution in [0.4, 0.5) is 0 Å². The van der Waals surface area contributed by atoms with E-state index in [9.17, 15) is 0 Å². The van der Waals surface area contributed by atoms with Gasteiger partial charge in [-0.05, 0) is 37.9 Å². The molecule has 0 aliphatic heterocycles. The second kappa shape index (κ2) is 7.05. The summed E-state index contributed by atoms with van der Waals surface area (Å²) in [6, 6.07) is 10.9. The zero-order valence-electron chi connectivity index (χ0n) is 12.4. The maximum Gasteiger partial charge on any atom is 0.138 e. The molecule has 0 amide bonds. The number of fused-ring (bicyclic) bond motifs is 1. The van der Waals surface area contributed by atoms with Crippen LogP contribution in [-0.2, 0) is 12.2 Å². The largest absolute Gasteiger partial charge is 0.310 e. The molecular weight excluding hydrogens is 278 g/mol. The van der Waals surface area contributed by atoms with Crippen LogP contribution in [0.3, 0.4) is 0 Å². The maximum absolute atomic E-state index is 4.79. The van der Waals surface area contributed by atoms with Crippen molar-refractivity contribution in [2.24, 2.45) is 0 Å². The molecule has 0 spiro atoms. The summed E-state index contributed by atoms with van der Waals surface area (Å²) in [5.41, 5.74) is 2.54. The van der Waals surface area contributed by atoms with E-state index in [1.54, 1.807) is 11.8 Å². The van der Waals surface area contributed by atoms with E-state index in [4.69, 9.17) is 4.98 Å². The van der Waals surface area contributed by atoms with E-state index in [0.29, 0.717) is 6.04 Å². The number of rotatable bonds is 5. The molecule has 1 aromatic heterocycles. The predicted molar refractivity (Wildman–Crippen MR) is 87.4 cm³/mol. The Bertz CT molecular complexity index is 586. The maximum atomic E-state index is 4.79. The number of hydrogen-bond acceptors (Lipinski definition) is 4. The number of hydrogen-bond donors (Lipinski definition) is 1. The molecule has 0 radical (unpaired) electrons. The lowest BCUT2D eigenvalue weighted by molar-refractivity contribution is 0.463. The summed E-state index contributed by atoms with van der Waals surface area (Å²) in [4.78, 5) is 10.6. The lowest BCUT2D eigenvalue weighted by atomic mass is 9.92. The number of nitrogens with zero attached hydrogens (tertiary/aromatic N) is 2. The molecule has 1 aliphatic carbocycles. The standard InChI is InChI=1S/C17H21N3S/c1-2-18-15-9-6-10-16-14(15)11-19-17(20-16)12-21-13-7-4-3-5-8-13/h3-5,7-8,11,15,18H,2,6,9-10,12H2,1H3. The summed E-state index contributed by atoms with van der Waals surface area (Å²) in [6.07, 6.45) is 5.54. The Morgan fingerprint density at radius 1 is 1.29 bits per heavy atom. The van der Waals surface area contributed by atoms with Crippen molar-refractivity contribution in [3.8, 4) is 0 Å². The molecule has 1 aliphatic rings. The Balaban J connectivity index is 1.71. The van der Waals surface area contributed by atoms with E-state index in [1.807, 2.05) is 12.3 Å². The van der Waals surface area contributed by atoms with Crippen LogP contribution in [0.15, 0.2) is 41.4 Å². The van der Waals surface area contributed by atoms with E-state index in [-0.39, 0.29) is 0 Å². The number of benzene rings is 1. The predicted octanol–water partition coefficient (Wildman–Crippen LogP) is 3.76. The molecule has 0 saturated heterocycles. The number of nitrogens with one attached hydrogen (secondary N) is 1. The van der Waals surface area contributed by atoms with Crippen molar-refractivity contribution in [3.05, 3.63) is 53.6 Å². The van der Waals surface area contributed by atoms with E-state index in [0.717, 1.165) is 24.5 Å². The topological polar surface area (TPSA) is 37.8 Å². The minimum Gasteiger partial charge on any atom is -0.310 e. The molecule has 1 unspecified atom stereocenters. The van der Waals surface area contributed by atoms with Crippen LogP contribution in [0.1, 0.15) is 42.9 Å². The molecule has 0 fully saturated rings. The first kappa shape index (κ1) is 14.5. The van der Waals surface area contributed by atoms with E-state index in [1.165, 1.54) is 29.0 Å². The lowest BCUT2D eigenvalue weighted by Crippen LogP contribution is -2.26. The molecule has 1 aromatic carbocycles. The van der Waals surface area contributed by atoms with Gasteiger partial charge in [-0.25, -0.2) is 9.97 Å². The van der Waals surface area contributed by atoms with Crippen molar-refractivity contribution >= 4 is 11.8 Å². The monoisotopic (exact) mass is 299 g/mol. The van der Waals surface area contributed by atoms with Gasteiger partial charge in [-0.15, -0.1) is 11.8 Å². The fraction of sp³-hybridized carbons (Fsp3) is 0.412. The molecule has 0 bridgehead atoms. The van der Waals surface area contributed by atoms with Crippen molar-refractivity contribution < 1.29 is 0 Å². The summed E-state index contributed by atoms with van der Waals surface area (Å²) in [5, 5.41) is 3.53. The van der Waals surface area contributed by atoms with Crippen LogP contribution < -0.4 is 5.32 Å². The smallest absolute Gasteiger partial charge is 0.138 e. The van der Waals surface area contributed by atoms with Gasteiger partial charge in [0.25, 0.3) is 0 Å². The minimum atomic E-state index is 0.439. The summed E-state index contributed by atoms with van der Waals surface area (Å²) >= 11 is 1.79. The zero-order valence-corrected chi connectivity index (χ0v) is 13.2. The third-order valence-corrected chi connectivity index (χ3v) is 4.80. The normalized spacial score (nSPS) is 17.5. The second-order valence-electron chi connectivity index (χ2n) is 5.29. The third-order valence-electron chi connectivity index (χ3n) is 3.79. The minimum absolute atomic E-state index is 0.439. The van der Waals surface area contributed by atoms with Crippen LogP contribution in [0.2, 0.25) is 0 Å². The summed E-state index contributed by atoms with van der Waals surface area (Å²) in [7, 11) is 0. The Kier molecular flexibility index (Phi) is 4.88. The fourth-order valence-corrected chi connectivity index (χ4v) is 3.57. The van der Waals surface area contributed by atoms with E-state index >= 15 is 0 Å². The quantitative estimate of drug-likeness (QED) is 0.853. The third kappa shape index (κ3) is 3.63. The van der Waals surface area contributed by atoms with E-state index in [2.05, 4.69) is 41.5 Å². The Labute approximate surface area is 130 Å². The van der Waals surface area contributed by atoms with Gasteiger partial charge in [-0.2, -0.15) is 0 Å². The summed E-state index contributed by atoms with van der Waals surface area (Å²) in [5.74, 6) is 1.78. The van der Waals surface area contributed by atoms with Gasteiger partial charge in [-0.3, -0.25) is 0 Å². The van der Waals surface area contributed by atoms with Gasteiger partial charge in [0.1, 0.15) is 5.82 Å². The van der Waals surface area contributed by atoms with Crippen LogP contribution in [0, 0.1) is 0 Å². The van der Waals surface area contributed by atoms with Gasteiger partial charge in [0.15, 0.2) is 0 Å². The highest BCUT2D eigenvalue weighted by Crippen LogP contribution is 2.29. The van der Waals surface area contributed by atoms with Crippen molar-refractivity contribution in [3.63, 3.8) is 0 Å². The molecule has 1 N–H and O–H groups in total.